The van der Waals surface area contributed by atoms with Crippen molar-refractivity contribution in [1.82, 2.24) is 0 Å². The molecular weight excluding hydrogens is 328 g/mol. The summed E-state index contributed by atoms with van der Waals surface area (Å²) in [5.74, 6) is 2.55. The fraction of sp³-hybridized carbons (Fsp3) is 0.480. The molecule has 27 heavy (non-hydrogen) atoms. The van der Waals surface area contributed by atoms with Gasteiger partial charge in [0.15, 0.2) is 0 Å². The topological polar surface area (TPSA) is 24.7 Å². The van der Waals surface area contributed by atoms with Gasteiger partial charge >= 0.3 is 0 Å². The van der Waals surface area contributed by atoms with Crippen LogP contribution in [0.15, 0.2) is 22.1 Å². The van der Waals surface area contributed by atoms with Crippen molar-refractivity contribution in [3.63, 3.8) is 0 Å². The average Bonchev–Trinajstić information content (AvgIpc) is 2.96. The van der Waals surface area contributed by atoms with Gasteiger partial charge in [-0.3, -0.25) is 0 Å². The molecule has 4 bridgehead atoms. The predicted octanol–water partition coefficient (Wildman–Crippen LogP) is 6.46. The zero-order valence-corrected chi connectivity index (χ0v) is 16.7. The molecule has 2 nitrogen and oxygen atoms in total. The van der Waals surface area contributed by atoms with Gasteiger partial charge in [-0.25, -0.2) is 0 Å². The largest absolute Gasteiger partial charge is 0.187 e. The number of benzene rings is 2. The highest BCUT2D eigenvalue weighted by molar-refractivity contribution is 5.74. The second-order valence-electron chi connectivity index (χ2n) is 9.49. The Morgan fingerprint density at radius 1 is 0.593 bits per heavy atom. The van der Waals surface area contributed by atoms with Gasteiger partial charge in [0, 0.05) is 0 Å². The Hall–Kier alpha value is -2.18. The summed E-state index contributed by atoms with van der Waals surface area (Å²) < 4.78 is 0. The standard InChI is InChI=1S/C25H26N2/c1-12-5-16-9-18-7-14(3)22(20(12)16)24(18)26-11-27-25-19-8-15(4)23(25)21-13(2)6-17(21)10-19/h9-10,12-15H,5-8H2,1-4H3. The van der Waals surface area contributed by atoms with Crippen LogP contribution < -0.4 is 0 Å². The molecule has 4 aliphatic carbocycles. The van der Waals surface area contributed by atoms with Crippen LogP contribution in [0, 0.1) is 0 Å². The Kier molecular flexibility index (Phi) is 3.05. The van der Waals surface area contributed by atoms with Gasteiger partial charge in [-0.2, -0.15) is 9.98 Å². The van der Waals surface area contributed by atoms with Gasteiger partial charge in [0.1, 0.15) is 6.01 Å². The summed E-state index contributed by atoms with van der Waals surface area (Å²) in [7, 11) is 0. The number of hydrogen-bond acceptors (Lipinski definition) is 2. The van der Waals surface area contributed by atoms with E-state index in [1.54, 1.807) is 22.3 Å². The van der Waals surface area contributed by atoms with Crippen molar-refractivity contribution < 1.29 is 0 Å². The van der Waals surface area contributed by atoms with Crippen LogP contribution in [0.4, 0.5) is 11.4 Å². The third-order valence-electron chi connectivity index (χ3n) is 7.49. The van der Waals surface area contributed by atoms with Gasteiger partial charge in [0.2, 0.25) is 0 Å². The van der Waals surface area contributed by atoms with E-state index in [0.29, 0.717) is 23.7 Å². The van der Waals surface area contributed by atoms with Crippen molar-refractivity contribution in [2.24, 2.45) is 9.98 Å². The maximum absolute atomic E-state index is 4.79. The van der Waals surface area contributed by atoms with Crippen molar-refractivity contribution in [1.29, 1.82) is 0 Å². The van der Waals surface area contributed by atoms with Crippen LogP contribution in [0.5, 0.6) is 0 Å². The third kappa shape index (κ3) is 1.97. The van der Waals surface area contributed by atoms with Gasteiger partial charge in [-0.1, -0.05) is 39.8 Å². The molecule has 136 valence electrons. The number of rotatable bonds is 2. The van der Waals surface area contributed by atoms with Gasteiger partial charge in [0.25, 0.3) is 0 Å². The Bertz CT molecular complexity index is 1000. The Balaban J connectivity index is 1.45. The molecule has 0 N–H and O–H groups in total. The lowest BCUT2D eigenvalue weighted by molar-refractivity contribution is 0.649. The molecule has 0 amide bonds. The smallest absolute Gasteiger partial charge is 0.101 e. The molecule has 2 aromatic rings. The van der Waals surface area contributed by atoms with Crippen LogP contribution >= 0.6 is 0 Å². The predicted molar refractivity (Wildman–Crippen MR) is 111 cm³/mol. The van der Waals surface area contributed by atoms with Crippen molar-refractivity contribution in [3.8, 4) is 0 Å². The molecule has 4 aliphatic rings. The maximum Gasteiger partial charge on any atom is 0.101 e. The lowest BCUT2D eigenvalue weighted by Crippen LogP contribution is -2.16. The lowest BCUT2D eigenvalue weighted by Gasteiger charge is -2.30. The van der Waals surface area contributed by atoms with Crippen LogP contribution in [0.3, 0.4) is 0 Å². The van der Waals surface area contributed by atoms with E-state index in [1.165, 1.54) is 46.5 Å². The van der Waals surface area contributed by atoms with Crippen LogP contribution in [-0.4, -0.2) is 6.01 Å². The molecule has 0 heterocycles. The van der Waals surface area contributed by atoms with Gasteiger partial charge < -0.3 is 0 Å². The number of nitrogens with zero attached hydrogens (tertiary/aromatic N) is 2. The summed E-state index contributed by atoms with van der Waals surface area (Å²) in [6, 6.07) is 7.91. The first-order valence-electron chi connectivity index (χ1n) is 10.6. The SMILES string of the molecule is CC1Cc2cc3c(N=C=Nc4c5cc6c(c4C(C)C5)C(C)C6)c(c21)C(C)C3. The molecule has 0 aromatic heterocycles. The van der Waals surface area contributed by atoms with E-state index >= 15 is 0 Å². The minimum Gasteiger partial charge on any atom is -0.187 e. The van der Waals surface area contributed by atoms with Gasteiger partial charge in [0.05, 0.1) is 11.4 Å². The first-order valence-corrected chi connectivity index (χ1v) is 10.6. The number of hydrogen-bond donors (Lipinski definition) is 0. The van der Waals surface area contributed by atoms with Gasteiger partial charge in [-0.15, -0.1) is 0 Å². The van der Waals surface area contributed by atoms with Crippen molar-refractivity contribution in [2.45, 2.75) is 77.0 Å². The van der Waals surface area contributed by atoms with Gasteiger partial charge in [-0.05, 0) is 93.9 Å². The molecule has 0 saturated heterocycles. The fourth-order valence-electron chi connectivity index (χ4n) is 6.33. The van der Waals surface area contributed by atoms with E-state index < -0.39 is 0 Å². The lowest BCUT2D eigenvalue weighted by atomic mass is 9.75. The maximum atomic E-state index is 4.79. The normalized spacial score (nSPS) is 28.0. The summed E-state index contributed by atoms with van der Waals surface area (Å²) in [6.45, 7) is 9.37. The summed E-state index contributed by atoms with van der Waals surface area (Å²) >= 11 is 0. The third-order valence-corrected chi connectivity index (χ3v) is 7.49. The highest BCUT2D eigenvalue weighted by atomic mass is 14.8. The first kappa shape index (κ1) is 15.8. The molecular formula is C25H26N2. The average molecular weight is 354 g/mol. The van der Waals surface area contributed by atoms with E-state index in [2.05, 4.69) is 45.8 Å². The van der Waals surface area contributed by atoms with Crippen LogP contribution in [0.1, 0.15) is 95.9 Å². The monoisotopic (exact) mass is 354 g/mol. The summed E-state index contributed by atoms with van der Waals surface area (Å²) in [4.78, 5) is 9.58. The number of aliphatic imine (C=N–C) groups is 2. The molecule has 0 spiro atoms. The Labute approximate surface area is 161 Å². The molecule has 0 fully saturated rings. The Morgan fingerprint density at radius 3 is 1.37 bits per heavy atom. The molecule has 4 unspecified atom stereocenters. The molecule has 0 radical (unpaired) electrons. The number of fused-ring (bicyclic) bond motifs is 8. The minimum absolute atomic E-state index is 0.589. The molecule has 0 saturated carbocycles. The van der Waals surface area contributed by atoms with Crippen molar-refractivity contribution in [3.05, 3.63) is 56.6 Å². The fourth-order valence-corrected chi connectivity index (χ4v) is 6.33. The van der Waals surface area contributed by atoms with E-state index in [0.717, 1.165) is 12.8 Å². The highest BCUT2D eigenvalue weighted by Crippen LogP contribution is 2.53. The van der Waals surface area contributed by atoms with Crippen molar-refractivity contribution >= 4 is 17.4 Å². The van der Waals surface area contributed by atoms with Crippen LogP contribution in [0.25, 0.3) is 0 Å². The first-order chi connectivity index (χ1) is 13.0. The van der Waals surface area contributed by atoms with E-state index in [4.69, 9.17) is 9.98 Å². The zero-order valence-electron chi connectivity index (χ0n) is 16.7. The van der Waals surface area contributed by atoms with Crippen LogP contribution in [-0.2, 0) is 25.7 Å². The molecule has 4 atom stereocenters. The quantitative estimate of drug-likeness (QED) is 0.553. The molecule has 2 aromatic carbocycles. The molecule has 2 heteroatoms. The minimum atomic E-state index is 0.589. The molecule has 6 rings (SSSR count). The van der Waals surface area contributed by atoms with Crippen molar-refractivity contribution in [2.75, 3.05) is 0 Å². The second kappa shape index (κ2) is 5.20. The Morgan fingerprint density at radius 2 is 0.963 bits per heavy atom. The summed E-state index contributed by atoms with van der Waals surface area (Å²) in [5.41, 5.74) is 14.4. The molecule has 0 aliphatic heterocycles. The van der Waals surface area contributed by atoms with E-state index in [1.807, 2.05) is 0 Å². The summed E-state index contributed by atoms with van der Waals surface area (Å²) in [5, 5.41) is 0. The van der Waals surface area contributed by atoms with E-state index in [-0.39, 0.29) is 0 Å². The zero-order chi connectivity index (χ0) is 18.4. The van der Waals surface area contributed by atoms with E-state index in [9.17, 15) is 0 Å². The second-order valence-corrected chi connectivity index (χ2v) is 9.49. The highest BCUT2D eigenvalue weighted by Gasteiger charge is 2.36. The van der Waals surface area contributed by atoms with Crippen LogP contribution in [0.2, 0.25) is 0 Å². The summed E-state index contributed by atoms with van der Waals surface area (Å²) in [6.07, 6.45) is 4.72.